The molecule has 1 saturated heterocycles. The Balaban J connectivity index is 1.51. The molecule has 0 unspecified atom stereocenters. The van der Waals surface area contributed by atoms with Gasteiger partial charge in [0.2, 0.25) is 5.91 Å². The average molecular weight is 383 g/mol. The smallest absolute Gasteiger partial charge is 0.224 e. The van der Waals surface area contributed by atoms with Gasteiger partial charge in [0.15, 0.2) is 4.34 Å². The molecule has 5 nitrogen and oxygen atoms in total. The number of carbonyl (C=O) groups excluding carboxylic acids is 1. The number of piperidine rings is 1. The number of hydrogen-bond donors (Lipinski definition) is 2. The highest BCUT2D eigenvalue weighted by Gasteiger charge is 2.15. The van der Waals surface area contributed by atoms with Crippen LogP contribution >= 0.6 is 34.7 Å². The second-order valence-electron chi connectivity index (χ2n) is 5.73. The van der Waals surface area contributed by atoms with Gasteiger partial charge < -0.3 is 10.6 Å². The second-order valence-corrected chi connectivity index (χ2v) is 8.26. The van der Waals surface area contributed by atoms with E-state index in [2.05, 4.69) is 20.8 Å². The first-order chi connectivity index (χ1) is 11.7. The lowest BCUT2D eigenvalue weighted by Crippen LogP contribution is -2.28. The van der Waals surface area contributed by atoms with Crippen LogP contribution in [0.25, 0.3) is 0 Å². The molecule has 1 aliphatic rings. The topological polar surface area (TPSA) is 66.9 Å². The number of halogens is 1. The van der Waals surface area contributed by atoms with E-state index in [1.807, 2.05) is 12.1 Å². The van der Waals surface area contributed by atoms with Crippen LogP contribution in [0.4, 0.5) is 5.69 Å². The van der Waals surface area contributed by atoms with E-state index >= 15 is 0 Å². The fraction of sp³-hybridized carbons (Fsp3) is 0.438. The lowest BCUT2D eigenvalue weighted by molar-refractivity contribution is -0.116. The van der Waals surface area contributed by atoms with Crippen LogP contribution in [-0.2, 0) is 4.79 Å². The summed E-state index contributed by atoms with van der Waals surface area (Å²) in [5, 5.41) is 14.7. The molecule has 1 aliphatic heterocycles. The Kier molecular flexibility index (Phi) is 6.48. The fourth-order valence-electron chi connectivity index (χ4n) is 2.69. The maximum absolute atomic E-state index is 12.1. The summed E-state index contributed by atoms with van der Waals surface area (Å²) in [6, 6.07) is 5.56. The molecular weight excluding hydrogens is 364 g/mol. The summed E-state index contributed by atoms with van der Waals surface area (Å²) in [4.78, 5) is 13.0. The van der Waals surface area contributed by atoms with Crippen molar-refractivity contribution in [3.05, 3.63) is 28.7 Å². The number of anilines is 1. The molecule has 24 heavy (non-hydrogen) atoms. The first-order valence-electron chi connectivity index (χ1n) is 7.95. The molecule has 0 bridgehead atoms. The van der Waals surface area contributed by atoms with Crippen LogP contribution in [0, 0.1) is 5.92 Å². The number of carbonyl (C=O) groups is 1. The number of aromatic nitrogens is 2. The normalized spacial score (nSPS) is 15.4. The summed E-state index contributed by atoms with van der Waals surface area (Å²) in [5.74, 6) is 0.709. The molecule has 1 fully saturated rings. The summed E-state index contributed by atoms with van der Waals surface area (Å²) in [6.45, 7) is 2.13. The van der Waals surface area contributed by atoms with Gasteiger partial charge in [-0.1, -0.05) is 34.7 Å². The predicted molar refractivity (Wildman–Crippen MR) is 98.9 cm³/mol. The van der Waals surface area contributed by atoms with E-state index < -0.39 is 0 Å². The Labute approximate surface area is 154 Å². The third-order valence-electron chi connectivity index (χ3n) is 3.99. The highest BCUT2D eigenvalue weighted by Crippen LogP contribution is 2.35. The molecule has 0 saturated carbocycles. The van der Waals surface area contributed by atoms with E-state index in [-0.39, 0.29) is 5.91 Å². The van der Waals surface area contributed by atoms with Gasteiger partial charge in [0.05, 0.1) is 5.02 Å². The van der Waals surface area contributed by atoms with Gasteiger partial charge in [-0.25, -0.2) is 0 Å². The van der Waals surface area contributed by atoms with Gasteiger partial charge in [0.25, 0.3) is 0 Å². The number of benzene rings is 1. The van der Waals surface area contributed by atoms with E-state index in [1.165, 1.54) is 23.1 Å². The monoisotopic (exact) mass is 382 g/mol. The SMILES string of the molecule is O=C(CCC1CCNCC1)Nc1ccc(Sc2nncs2)c(Cl)c1. The summed E-state index contributed by atoms with van der Waals surface area (Å²) in [7, 11) is 0. The number of nitrogens with one attached hydrogen (secondary N) is 2. The second kappa shape index (κ2) is 8.80. The van der Waals surface area contributed by atoms with Crippen LogP contribution < -0.4 is 10.6 Å². The summed E-state index contributed by atoms with van der Waals surface area (Å²) in [6.07, 6.45) is 3.84. The molecule has 128 valence electrons. The minimum Gasteiger partial charge on any atom is -0.326 e. The van der Waals surface area contributed by atoms with E-state index in [9.17, 15) is 4.79 Å². The molecule has 0 radical (unpaired) electrons. The van der Waals surface area contributed by atoms with Crippen molar-refractivity contribution in [1.82, 2.24) is 15.5 Å². The molecule has 0 atom stereocenters. The van der Waals surface area contributed by atoms with Gasteiger partial charge in [0, 0.05) is 17.0 Å². The van der Waals surface area contributed by atoms with Gasteiger partial charge in [-0.3, -0.25) is 4.79 Å². The van der Waals surface area contributed by atoms with Crippen LogP contribution in [0.15, 0.2) is 32.9 Å². The van der Waals surface area contributed by atoms with E-state index in [1.54, 1.807) is 11.6 Å². The fourth-order valence-corrected chi connectivity index (χ4v) is 4.43. The van der Waals surface area contributed by atoms with Crippen molar-refractivity contribution in [3.8, 4) is 0 Å². The predicted octanol–water partition coefficient (Wildman–Crippen LogP) is 4.06. The van der Waals surface area contributed by atoms with Crippen molar-refractivity contribution in [1.29, 1.82) is 0 Å². The molecule has 1 aromatic heterocycles. The first-order valence-corrected chi connectivity index (χ1v) is 10.0. The maximum Gasteiger partial charge on any atom is 0.224 e. The van der Waals surface area contributed by atoms with Crippen molar-refractivity contribution in [2.24, 2.45) is 5.92 Å². The molecule has 2 heterocycles. The lowest BCUT2D eigenvalue weighted by atomic mass is 9.93. The summed E-state index contributed by atoms with van der Waals surface area (Å²) < 4.78 is 0.843. The van der Waals surface area contributed by atoms with E-state index in [0.717, 1.165) is 47.3 Å². The van der Waals surface area contributed by atoms with E-state index in [4.69, 9.17) is 11.6 Å². The van der Waals surface area contributed by atoms with Crippen LogP contribution in [0.5, 0.6) is 0 Å². The van der Waals surface area contributed by atoms with E-state index in [0.29, 0.717) is 17.4 Å². The molecule has 1 amide bonds. The minimum atomic E-state index is 0.0501. The molecule has 0 aliphatic carbocycles. The van der Waals surface area contributed by atoms with Crippen LogP contribution in [-0.4, -0.2) is 29.2 Å². The molecule has 2 N–H and O–H groups in total. The van der Waals surface area contributed by atoms with Gasteiger partial charge >= 0.3 is 0 Å². The zero-order valence-corrected chi connectivity index (χ0v) is 15.5. The number of nitrogens with zero attached hydrogens (tertiary/aromatic N) is 2. The number of hydrogen-bond acceptors (Lipinski definition) is 6. The summed E-state index contributed by atoms with van der Waals surface area (Å²) in [5.41, 5.74) is 2.42. The molecule has 1 aromatic carbocycles. The Morgan fingerprint density at radius 2 is 2.25 bits per heavy atom. The third-order valence-corrected chi connectivity index (χ3v) is 6.27. The Bertz CT molecular complexity index is 675. The largest absolute Gasteiger partial charge is 0.326 e. The number of amides is 1. The zero-order valence-electron chi connectivity index (χ0n) is 13.1. The van der Waals surface area contributed by atoms with Crippen molar-refractivity contribution < 1.29 is 4.79 Å². The maximum atomic E-state index is 12.1. The molecular formula is C16H19ClN4OS2. The van der Waals surface area contributed by atoms with Crippen molar-refractivity contribution in [2.75, 3.05) is 18.4 Å². The van der Waals surface area contributed by atoms with Gasteiger partial charge in [-0.05, 0) is 56.5 Å². The van der Waals surface area contributed by atoms with Crippen LogP contribution in [0.1, 0.15) is 25.7 Å². The first kappa shape index (κ1) is 17.7. The van der Waals surface area contributed by atoms with Crippen molar-refractivity contribution in [3.63, 3.8) is 0 Å². The quantitative estimate of drug-likeness (QED) is 0.788. The lowest BCUT2D eigenvalue weighted by Gasteiger charge is -2.22. The Hall–Kier alpha value is -1.15. The molecule has 2 aromatic rings. The summed E-state index contributed by atoms with van der Waals surface area (Å²) >= 11 is 9.25. The van der Waals surface area contributed by atoms with Crippen molar-refractivity contribution in [2.45, 2.75) is 34.9 Å². The minimum absolute atomic E-state index is 0.0501. The van der Waals surface area contributed by atoms with Crippen LogP contribution in [0.2, 0.25) is 5.02 Å². The van der Waals surface area contributed by atoms with Gasteiger partial charge in [0.1, 0.15) is 5.51 Å². The van der Waals surface area contributed by atoms with Crippen molar-refractivity contribution >= 4 is 46.3 Å². The number of rotatable bonds is 6. The highest BCUT2D eigenvalue weighted by atomic mass is 35.5. The standard InChI is InChI=1S/C16H19ClN4OS2/c17-13-9-12(2-3-14(13)24-16-21-19-10-23-16)20-15(22)4-1-11-5-7-18-8-6-11/h2-3,9-11,18H,1,4-8H2,(H,20,22). The Morgan fingerprint density at radius 1 is 1.42 bits per heavy atom. The van der Waals surface area contributed by atoms with Gasteiger partial charge in [-0.2, -0.15) is 0 Å². The molecule has 8 heteroatoms. The Morgan fingerprint density at radius 3 is 2.96 bits per heavy atom. The average Bonchev–Trinajstić information content (AvgIpc) is 3.10. The van der Waals surface area contributed by atoms with Gasteiger partial charge in [-0.15, -0.1) is 10.2 Å². The molecule has 3 rings (SSSR count). The highest BCUT2D eigenvalue weighted by molar-refractivity contribution is 8.01. The third kappa shape index (κ3) is 5.17. The molecule has 0 spiro atoms. The van der Waals surface area contributed by atoms with Crippen LogP contribution in [0.3, 0.4) is 0 Å². The zero-order chi connectivity index (χ0) is 16.8.